The molecule has 1 fully saturated rings. The summed E-state index contributed by atoms with van der Waals surface area (Å²) in [4.78, 5) is 34.4. The molecule has 1 saturated heterocycles. The fourth-order valence-electron chi connectivity index (χ4n) is 1.86. The second-order valence-electron chi connectivity index (χ2n) is 4.36. The summed E-state index contributed by atoms with van der Waals surface area (Å²) in [6.07, 6.45) is 1.27. The fourth-order valence-corrected chi connectivity index (χ4v) is 2.04. The number of rotatable bonds is 5. The first-order valence-electron chi connectivity index (χ1n) is 6.32. The maximum Gasteiger partial charge on any atom is 0.341 e. The van der Waals surface area contributed by atoms with E-state index < -0.39 is 24.4 Å². The molecule has 23 heavy (non-hydrogen) atoms. The standard InChI is InChI=1S/C14H12N2O6S/c1-21-9-4-2-3-7(11(9)22-6-10(17)18)5-8-12(19)15-14(23)16-13(8)20/h2-5H,6H2,1H3,(H,17,18)(H2,15,16,19,20,23). The summed E-state index contributed by atoms with van der Waals surface area (Å²) in [7, 11) is 1.39. The molecule has 0 spiro atoms. The highest BCUT2D eigenvalue weighted by atomic mass is 32.1. The Kier molecular flexibility index (Phi) is 4.91. The molecule has 1 aliphatic heterocycles. The lowest BCUT2D eigenvalue weighted by molar-refractivity contribution is -0.139. The van der Waals surface area contributed by atoms with Crippen LogP contribution in [-0.2, 0) is 14.4 Å². The van der Waals surface area contributed by atoms with Crippen LogP contribution in [0.2, 0.25) is 0 Å². The summed E-state index contributed by atoms with van der Waals surface area (Å²) >= 11 is 4.71. The van der Waals surface area contributed by atoms with Crippen molar-refractivity contribution in [3.8, 4) is 11.5 Å². The zero-order valence-electron chi connectivity index (χ0n) is 11.9. The third-order valence-corrected chi connectivity index (χ3v) is 3.02. The molecule has 2 rings (SSSR count). The van der Waals surface area contributed by atoms with Crippen molar-refractivity contribution >= 4 is 41.2 Å². The molecular formula is C14H12N2O6S. The van der Waals surface area contributed by atoms with Gasteiger partial charge >= 0.3 is 5.97 Å². The number of amides is 2. The number of thiocarbonyl (C=S) groups is 1. The minimum absolute atomic E-state index is 0.0786. The molecule has 0 saturated carbocycles. The zero-order chi connectivity index (χ0) is 17.0. The molecule has 2 amide bonds. The third-order valence-electron chi connectivity index (χ3n) is 2.81. The number of ether oxygens (including phenoxy) is 2. The molecule has 8 nitrogen and oxygen atoms in total. The molecular weight excluding hydrogens is 324 g/mol. The molecule has 0 aromatic heterocycles. The van der Waals surface area contributed by atoms with Crippen LogP contribution in [0.3, 0.4) is 0 Å². The van der Waals surface area contributed by atoms with E-state index in [9.17, 15) is 14.4 Å². The first kappa shape index (κ1) is 16.4. The number of para-hydroxylation sites is 1. The molecule has 1 aliphatic rings. The van der Waals surface area contributed by atoms with Gasteiger partial charge in [0.15, 0.2) is 23.2 Å². The van der Waals surface area contributed by atoms with E-state index in [0.29, 0.717) is 5.56 Å². The van der Waals surface area contributed by atoms with Gasteiger partial charge < -0.3 is 14.6 Å². The van der Waals surface area contributed by atoms with E-state index in [2.05, 4.69) is 10.6 Å². The van der Waals surface area contributed by atoms with Crippen LogP contribution in [0.5, 0.6) is 11.5 Å². The van der Waals surface area contributed by atoms with Crippen molar-refractivity contribution in [2.75, 3.05) is 13.7 Å². The lowest BCUT2D eigenvalue weighted by Gasteiger charge is -2.17. The number of hydrogen-bond acceptors (Lipinski definition) is 6. The molecule has 9 heteroatoms. The minimum atomic E-state index is -1.17. The Hall–Kier alpha value is -2.94. The Bertz CT molecular complexity index is 706. The quantitative estimate of drug-likeness (QED) is 0.396. The zero-order valence-corrected chi connectivity index (χ0v) is 12.7. The summed E-state index contributed by atoms with van der Waals surface area (Å²) in [5.74, 6) is -2.11. The molecule has 0 aliphatic carbocycles. The van der Waals surface area contributed by atoms with Crippen molar-refractivity contribution in [2.24, 2.45) is 0 Å². The van der Waals surface area contributed by atoms with Crippen molar-refractivity contribution < 1.29 is 29.0 Å². The highest BCUT2D eigenvalue weighted by molar-refractivity contribution is 7.80. The van der Waals surface area contributed by atoms with E-state index in [-0.39, 0.29) is 22.2 Å². The van der Waals surface area contributed by atoms with Gasteiger partial charge in [-0.15, -0.1) is 0 Å². The minimum Gasteiger partial charge on any atom is -0.493 e. The van der Waals surface area contributed by atoms with Crippen LogP contribution in [-0.4, -0.2) is 41.7 Å². The van der Waals surface area contributed by atoms with Gasteiger partial charge in [0.1, 0.15) is 5.57 Å². The Morgan fingerprint density at radius 2 is 1.96 bits per heavy atom. The smallest absolute Gasteiger partial charge is 0.341 e. The maximum absolute atomic E-state index is 11.9. The van der Waals surface area contributed by atoms with Crippen LogP contribution in [0.1, 0.15) is 5.56 Å². The average molecular weight is 336 g/mol. The van der Waals surface area contributed by atoms with Crippen LogP contribution >= 0.6 is 12.2 Å². The fraction of sp³-hybridized carbons (Fsp3) is 0.143. The van der Waals surface area contributed by atoms with E-state index in [1.165, 1.54) is 13.2 Å². The van der Waals surface area contributed by atoms with Gasteiger partial charge in [0.05, 0.1) is 7.11 Å². The molecule has 0 atom stereocenters. The summed E-state index contributed by atoms with van der Waals surface area (Å²) in [5, 5.41) is 13.3. The van der Waals surface area contributed by atoms with E-state index in [0.717, 1.165) is 0 Å². The van der Waals surface area contributed by atoms with Crippen molar-refractivity contribution in [3.63, 3.8) is 0 Å². The number of carboxylic acid groups (broad SMARTS) is 1. The normalized spacial score (nSPS) is 14.0. The van der Waals surface area contributed by atoms with E-state index >= 15 is 0 Å². The predicted octanol–water partition coefficient (Wildman–Crippen LogP) is 0.0729. The van der Waals surface area contributed by atoms with E-state index in [1.54, 1.807) is 18.2 Å². The van der Waals surface area contributed by atoms with Gasteiger partial charge in [0, 0.05) is 5.56 Å². The van der Waals surface area contributed by atoms with Crippen LogP contribution in [0.25, 0.3) is 6.08 Å². The monoisotopic (exact) mass is 336 g/mol. The van der Waals surface area contributed by atoms with Crippen molar-refractivity contribution in [2.45, 2.75) is 0 Å². The largest absolute Gasteiger partial charge is 0.493 e. The Labute approximate surface area is 136 Å². The second-order valence-corrected chi connectivity index (χ2v) is 4.76. The van der Waals surface area contributed by atoms with Gasteiger partial charge in [-0.1, -0.05) is 12.1 Å². The number of benzene rings is 1. The first-order valence-corrected chi connectivity index (χ1v) is 6.73. The van der Waals surface area contributed by atoms with Gasteiger partial charge in [-0.25, -0.2) is 4.79 Å². The number of carboxylic acids is 1. The molecule has 0 radical (unpaired) electrons. The lowest BCUT2D eigenvalue weighted by Crippen LogP contribution is -2.51. The van der Waals surface area contributed by atoms with Crippen molar-refractivity contribution in [1.82, 2.24) is 10.6 Å². The van der Waals surface area contributed by atoms with Crippen molar-refractivity contribution in [3.05, 3.63) is 29.3 Å². The first-order chi connectivity index (χ1) is 10.9. The van der Waals surface area contributed by atoms with Gasteiger partial charge in [0.25, 0.3) is 11.8 Å². The van der Waals surface area contributed by atoms with Gasteiger partial charge in [-0.2, -0.15) is 0 Å². The Morgan fingerprint density at radius 3 is 2.52 bits per heavy atom. The number of hydrogen-bond donors (Lipinski definition) is 3. The van der Waals surface area contributed by atoms with E-state index in [4.69, 9.17) is 26.8 Å². The van der Waals surface area contributed by atoms with Crippen LogP contribution in [0, 0.1) is 0 Å². The topological polar surface area (TPSA) is 114 Å². The van der Waals surface area contributed by atoms with Crippen LogP contribution in [0.15, 0.2) is 23.8 Å². The van der Waals surface area contributed by atoms with E-state index in [1.807, 2.05) is 0 Å². The third kappa shape index (κ3) is 3.83. The Balaban J connectivity index is 2.44. The number of methoxy groups -OCH3 is 1. The summed E-state index contributed by atoms with van der Waals surface area (Å²) < 4.78 is 10.3. The highest BCUT2D eigenvalue weighted by Crippen LogP contribution is 2.32. The molecule has 3 N–H and O–H groups in total. The second kappa shape index (κ2) is 6.88. The van der Waals surface area contributed by atoms with Crippen molar-refractivity contribution in [1.29, 1.82) is 0 Å². The lowest BCUT2D eigenvalue weighted by atomic mass is 10.1. The average Bonchev–Trinajstić information content (AvgIpc) is 2.48. The number of aliphatic carboxylic acids is 1. The SMILES string of the molecule is COc1cccc(C=C2C(=O)NC(=S)NC2=O)c1OCC(=O)O. The number of nitrogens with one attached hydrogen (secondary N) is 2. The molecule has 1 aromatic rings. The molecule has 120 valence electrons. The molecule has 1 heterocycles. The van der Waals surface area contributed by atoms with Gasteiger partial charge in [0.2, 0.25) is 0 Å². The number of carbonyl (C=O) groups is 3. The van der Waals surface area contributed by atoms with Crippen LogP contribution in [0.4, 0.5) is 0 Å². The van der Waals surface area contributed by atoms with Gasteiger partial charge in [-0.05, 0) is 24.4 Å². The summed E-state index contributed by atoms with van der Waals surface area (Å²) in [6.45, 7) is -0.598. The summed E-state index contributed by atoms with van der Waals surface area (Å²) in [6, 6.07) is 4.73. The summed E-state index contributed by atoms with van der Waals surface area (Å²) in [5.41, 5.74) is 0.130. The maximum atomic E-state index is 11.9. The predicted molar refractivity (Wildman–Crippen MR) is 83.0 cm³/mol. The molecule has 0 bridgehead atoms. The number of carbonyl (C=O) groups excluding carboxylic acids is 2. The van der Waals surface area contributed by atoms with Crippen LogP contribution < -0.4 is 20.1 Å². The molecule has 0 unspecified atom stereocenters. The Morgan fingerprint density at radius 1 is 1.30 bits per heavy atom. The highest BCUT2D eigenvalue weighted by Gasteiger charge is 2.26. The van der Waals surface area contributed by atoms with Gasteiger partial charge in [-0.3, -0.25) is 20.2 Å². The molecule has 1 aromatic carbocycles.